The molecule has 2 heteroatoms. The molecule has 6 aromatic carbocycles. The van der Waals surface area contributed by atoms with Gasteiger partial charge in [-0.25, -0.2) is 0 Å². The fraction of sp³-hybridized carbons (Fsp3) is 0.0789. The molecule has 0 N–H and O–H groups in total. The molecular weight excluding hydrogens is 484 g/mol. The van der Waals surface area contributed by atoms with Crippen LogP contribution in [0.2, 0.25) is 0 Å². The van der Waals surface area contributed by atoms with Gasteiger partial charge in [0.15, 0.2) is 0 Å². The van der Waals surface area contributed by atoms with Crippen LogP contribution in [0.3, 0.4) is 0 Å². The molecule has 0 radical (unpaired) electrons. The summed E-state index contributed by atoms with van der Waals surface area (Å²) < 4.78 is 2.32. The van der Waals surface area contributed by atoms with Gasteiger partial charge in [-0.05, 0) is 57.3 Å². The average Bonchev–Trinajstić information content (AvgIpc) is 3.01. The smallest absolute Gasteiger partial charge is 0.213 e. The van der Waals surface area contributed by atoms with Crippen LogP contribution >= 0.6 is 0 Å². The quantitative estimate of drug-likeness (QED) is 0.165. The maximum absolute atomic E-state index is 2.35. The molecule has 0 atom stereocenters. The summed E-state index contributed by atoms with van der Waals surface area (Å²) in [5.41, 5.74) is 11.6. The van der Waals surface area contributed by atoms with Crippen molar-refractivity contribution in [3.8, 4) is 11.1 Å². The van der Waals surface area contributed by atoms with Crippen molar-refractivity contribution in [1.82, 2.24) is 0 Å². The van der Waals surface area contributed by atoms with Gasteiger partial charge < -0.3 is 4.90 Å². The van der Waals surface area contributed by atoms with Gasteiger partial charge in [0.1, 0.15) is 7.05 Å². The van der Waals surface area contributed by atoms with E-state index < -0.39 is 0 Å². The lowest BCUT2D eigenvalue weighted by molar-refractivity contribution is -0.617. The maximum atomic E-state index is 2.35. The number of rotatable bonds is 2. The third-order valence-corrected chi connectivity index (χ3v) is 8.80. The molecule has 1 aliphatic rings. The van der Waals surface area contributed by atoms with Gasteiger partial charge in [-0.1, -0.05) is 97.1 Å². The fourth-order valence-corrected chi connectivity index (χ4v) is 7.05. The summed E-state index contributed by atoms with van der Waals surface area (Å²) in [6.45, 7) is 0. The van der Waals surface area contributed by atoms with Gasteiger partial charge in [0.2, 0.25) is 11.0 Å². The minimum atomic E-state index is 0.130. The van der Waals surface area contributed by atoms with Crippen LogP contribution in [0.4, 0.5) is 11.4 Å². The Morgan fingerprint density at radius 2 is 1.02 bits per heavy atom. The predicted octanol–water partition coefficient (Wildman–Crippen LogP) is 8.90. The summed E-state index contributed by atoms with van der Waals surface area (Å²) in [4.78, 5) is 2.34. The molecule has 0 spiro atoms. The van der Waals surface area contributed by atoms with E-state index in [1.807, 2.05) is 0 Å². The number of pyridine rings is 1. The SMILES string of the molecule is CN1c2ccccc2C(c2cccc3cccc(-c4c5ccccc5[n+](C)c5ccccc45)c23)c2ccccc21. The van der Waals surface area contributed by atoms with Gasteiger partial charge in [0.05, 0.1) is 10.8 Å². The Balaban J connectivity index is 1.52. The minimum absolute atomic E-state index is 0.130. The Hall–Kier alpha value is -4.95. The number of aryl methyl sites for hydroxylation is 1. The Kier molecular flexibility index (Phi) is 5.05. The van der Waals surface area contributed by atoms with Crippen molar-refractivity contribution >= 4 is 44.0 Å². The standard InChI is InChI=1S/C38H29N2/c1-39-32-21-7-3-15-26(32)37(27-16-4-8-22-33(27)39)30-19-11-13-25-14-12-20-31(36(25)30)38-28-17-5-9-23-34(28)40(2)35-24-10-6-18-29(35)38/h3-24,37H,1-2H3/q+1. The molecule has 40 heavy (non-hydrogen) atoms. The second-order valence-corrected chi connectivity index (χ2v) is 10.8. The summed E-state index contributed by atoms with van der Waals surface area (Å²) in [5, 5.41) is 5.14. The summed E-state index contributed by atoms with van der Waals surface area (Å²) in [6, 6.07) is 49.1. The highest BCUT2D eigenvalue weighted by Crippen LogP contribution is 2.50. The molecule has 0 aliphatic carbocycles. The van der Waals surface area contributed by atoms with Gasteiger partial charge in [0.25, 0.3) is 0 Å². The number of hydrogen-bond acceptors (Lipinski definition) is 1. The molecule has 8 rings (SSSR count). The molecular formula is C38H29N2+. The first-order chi connectivity index (χ1) is 19.7. The van der Waals surface area contributed by atoms with Crippen LogP contribution < -0.4 is 9.47 Å². The van der Waals surface area contributed by atoms with Crippen molar-refractivity contribution < 1.29 is 4.57 Å². The number of fused-ring (bicyclic) bond motifs is 5. The largest absolute Gasteiger partial charge is 0.344 e. The van der Waals surface area contributed by atoms with Crippen LogP contribution in [0.5, 0.6) is 0 Å². The van der Waals surface area contributed by atoms with E-state index in [9.17, 15) is 0 Å². The fourth-order valence-electron chi connectivity index (χ4n) is 7.05. The van der Waals surface area contributed by atoms with E-state index in [1.165, 1.54) is 71.8 Å². The molecule has 190 valence electrons. The van der Waals surface area contributed by atoms with E-state index in [0.717, 1.165) is 0 Å². The zero-order chi connectivity index (χ0) is 26.8. The summed E-state index contributed by atoms with van der Waals surface area (Å²) in [6.07, 6.45) is 0. The van der Waals surface area contributed by atoms with Crippen LogP contribution in [-0.2, 0) is 7.05 Å². The van der Waals surface area contributed by atoms with Crippen molar-refractivity contribution in [3.05, 3.63) is 150 Å². The zero-order valence-electron chi connectivity index (χ0n) is 22.7. The molecule has 0 bridgehead atoms. The van der Waals surface area contributed by atoms with E-state index in [2.05, 4.69) is 157 Å². The highest BCUT2D eigenvalue weighted by Gasteiger charge is 2.31. The maximum Gasteiger partial charge on any atom is 0.213 e. The van der Waals surface area contributed by atoms with E-state index >= 15 is 0 Å². The van der Waals surface area contributed by atoms with Gasteiger partial charge in [0, 0.05) is 42.0 Å². The van der Waals surface area contributed by atoms with Crippen molar-refractivity contribution in [2.24, 2.45) is 7.05 Å². The number of anilines is 2. The number of hydrogen-bond donors (Lipinski definition) is 0. The van der Waals surface area contributed by atoms with Gasteiger partial charge >= 0.3 is 0 Å². The van der Waals surface area contributed by atoms with Crippen molar-refractivity contribution in [3.63, 3.8) is 0 Å². The Morgan fingerprint density at radius 3 is 1.65 bits per heavy atom. The topological polar surface area (TPSA) is 7.12 Å². The summed E-state index contributed by atoms with van der Waals surface area (Å²) in [7, 11) is 4.36. The lowest BCUT2D eigenvalue weighted by atomic mass is 9.77. The van der Waals surface area contributed by atoms with E-state index in [4.69, 9.17) is 0 Å². The predicted molar refractivity (Wildman–Crippen MR) is 167 cm³/mol. The third-order valence-electron chi connectivity index (χ3n) is 8.80. The molecule has 1 aliphatic heterocycles. The first kappa shape index (κ1) is 23.0. The number of para-hydroxylation sites is 4. The van der Waals surface area contributed by atoms with Gasteiger partial charge in [-0.3, -0.25) is 0 Å². The molecule has 2 heterocycles. The first-order valence-electron chi connectivity index (χ1n) is 14.0. The molecule has 0 saturated heterocycles. The van der Waals surface area contributed by atoms with Crippen LogP contribution in [0, 0.1) is 0 Å². The van der Waals surface area contributed by atoms with Crippen LogP contribution in [-0.4, -0.2) is 7.05 Å². The normalized spacial score (nSPS) is 13.1. The van der Waals surface area contributed by atoms with Crippen molar-refractivity contribution in [2.75, 3.05) is 11.9 Å². The number of aromatic nitrogens is 1. The number of nitrogens with zero attached hydrogens (tertiary/aromatic N) is 2. The molecule has 0 saturated carbocycles. The monoisotopic (exact) mass is 513 g/mol. The number of benzene rings is 6. The third kappa shape index (κ3) is 3.20. The molecule has 0 unspecified atom stereocenters. The second-order valence-electron chi connectivity index (χ2n) is 10.8. The van der Waals surface area contributed by atoms with E-state index in [1.54, 1.807) is 0 Å². The Bertz CT molecular complexity index is 2000. The van der Waals surface area contributed by atoms with Gasteiger partial charge in [-0.15, -0.1) is 0 Å². The highest BCUT2D eigenvalue weighted by atomic mass is 15.1. The zero-order valence-corrected chi connectivity index (χ0v) is 22.7. The molecule has 0 fully saturated rings. The second kappa shape index (κ2) is 8.79. The Morgan fingerprint density at radius 1 is 0.525 bits per heavy atom. The summed E-state index contributed by atoms with van der Waals surface area (Å²) >= 11 is 0. The lowest BCUT2D eigenvalue weighted by Gasteiger charge is -2.36. The molecule has 2 nitrogen and oxygen atoms in total. The van der Waals surface area contributed by atoms with E-state index in [0.29, 0.717) is 0 Å². The highest BCUT2D eigenvalue weighted by molar-refractivity contribution is 6.14. The van der Waals surface area contributed by atoms with Crippen molar-refractivity contribution in [2.45, 2.75) is 5.92 Å². The van der Waals surface area contributed by atoms with Gasteiger partial charge in [-0.2, -0.15) is 4.57 Å². The summed E-state index contributed by atoms with van der Waals surface area (Å²) in [5.74, 6) is 0.130. The molecule has 1 aromatic heterocycles. The molecule has 0 amide bonds. The molecule has 7 aromatic rings. The van der Waals surface area contributed by atoms with E-state index in [-0.39, 0.29) is 5.92 Å². The van der Waals surface area contributed by atoms with Crippen LogP contribution in [0.1, 0.15) is 22.6 Å². The van der Waals surface area contributed by atoms with Crippen LogP contribution in [0.25, 0.3) is 43.7 Å². The average molecular weight is 514 g/mol. The lowest BCUT2D eigenvalue weighted by Crippen LogP contribution is -2.30. The minimum Gasteiger partial charge on any atom is -0.344 e. The first-order valence-corrected chi connectivity index (χ1v) is 14.0. The Labute approximate surface area is 234 Å². The van der Waals surface area contributed by atoms with Crippen molar-refractivity contribution in [1.29, 1.82) is 0 Å². The van der Waals surface area contributed by atoms with Crippen LogP contribution in [0.15, 0.2) is 133 Å².